The number of benzene rings is 3. The standard InChI is InChI=1S/C34H27F6N9O/c35-22-4-8-26-25(15-22)31-44-45-46-49(31)19-32(26,50)34(39,40)29-10-3-21(18-41-29)20-1-5-23(6-2-20)47-11-13-48(14-12-47)24-7-9-27-28(16-24)43-30(42-27)17-33(36,37)38/h1-10,15-16,18,50H,11-14,17,19H2,(H,42,43)/t32-/m0/s1. The zero-order chi connectivity index (χ0) is 34.8. The first-order chi connectivity index (χ1) is 23.9. The van der Waals surface area contributed by atoms with E-state index in [1.165, 1.54) is 12.3 Å². The number of hydrogen-bond donors (Lipinski definition) is 2. The number of rotatable bonds is 6. The number of piperazine rings is 1. The fraction of sp³-hybridized carbons (Fsp3) is 0.265. The van der Waals surface area contributed by atoms with E-state index in [0.29, 0.717) is 42.8 Å². The van der Waals surface area contributed by atoms with Gasteiger partial charge in [0.05, 0.1) is 17.6 Å². The van der Waals surface area contributed by atoms with Gasteiger partial charge in [-0.2, -0.15) is 22.0 Å². The van der Waals surface area contributed by atoms with Crippen LogP contribution in [0.3, 0.4) is 0 Å². The molecule has 3 aromatic carbocycles. The van der Waals surface area contributed by atoms with Crippen molar-refractivity contribution in [2.24, 2.45) is 0 Å². The summed E-state index contributed by atoms with van der Waals surface area (Å²) in [6.07, 6.45) is -4.13. The van der Waals surface area contributed by atoms with E-state index in [4.69, 9.17) is 0 Å². The molecule has 50 heavy (non-hydrogen) atoms. The van der Waals surface area contributed by atoms with Crippen LogP contribution in [0.1, 0.15) is 17.1 Å². The minimum absolute atomic E-state index is 0.0291. The topological polar surface area (TPSA) is 112 Å². The summed E-state index contributed by atoms with van der Waals surface area (Å²) in [6.45, 7) is 2.13. The summed E-state index contributed by atoms with van der Waals surface area (Å²) in [6, 6.07) is 18.8. The summed E-state index contributed by atoms with van der Waals surface area (Å²) in [5, 5.41) is 22.5. The molecular formula is C34H27F6N9O. The third kappa shape index (κ3) is 5.48. The molecule has 2 aliphatic rings. The molecule has 0 saturated carbocycles. The van der Waals surface area contributed by atoms with Crippen LogP contribution in [0.4, 0.5) is 37.7 Å². The van der Waals surface area contributed by atoms with Gasteiger partial charge in [0.2, 0.25) is 0 Å². The smallest absolute Gasteiger partial charge is 0.377 e. The van der Waals surface area contributed by atoms with E-state index in [0.717, 1.165) is 45.9 Å². The Hall–Kier alpha value is -5.51. The number of aliphatic hydroxyl groups is 1. The van der Waals surface area contributed by atoms with E-state index < -0.39 is 42.2 Å². The molecule has 0 unspecified atom stereocenters. The second-order valence-corrected chi connectivity index (χ2v) is 12.4. The molecule has 0 spiro atoms. The Bertz CT molecular complexity index is 2190. The third-order valence-electron chi connectivity index (χ3n) is 9.28. The van der Waals surface area contributed by atoms with Crippen LogP contribution < -0.4 is 9.80 Å². The largest absolute Gasteiger partial charge is 0.396 e. The lowest BCUT2D eigenvalue weighted by Crippen LogP contribution is -2.49. The number of hydrogen-bond acceptors (Lipinski definition) is 8. The summed E-state index contributed by atoms with van der Waals surface area (Å²) in [5.41, 5.74) is 0.553. The van der Waals surface area contributed by atoms with E-state index in [1.807, 2.05) is 36.4 Å². The zero-order valence-corrected chi connectivity index (χ0v) is 26.0. The summed E-state index contributed by atoms with van der Waals surface area (Å²) >= 11 is 0. The normalized spacial score (nSPS) is 18.0. The van der Waals surface area contributed by atoms with Gasteiger partial charge in [0, 0.05) is 60.4 Å². The monoisotopic (exact) mass is 691 g/mol. The van der Waals surface area contributed by atoms with Gasteiger partial charge in [-0.3, -0.25) is 4.98 Å². The highest BCUT2D eigenvalue weighted by Gasteiger charge is 2.59. The quantitative estimate of drug-likeness (QED) is 0.210. The molecule has 5 heterocycles. The number of anilines is 2. The number of pyridine rings is 1. The number of imidazole rings is 1. The van der Waals surface area contributed by atoms with E-state index in [2.05, 4.69) is 40.3 Å². The maximum absolute atomic E-state index is 16.1. The molecule has 6 aromatic rings. The summed E-state index contributed by atoms with van der Waals surface area (Å²) in [5.74, 6) is -4.62. The van der Waals surface area contributed by atoms with Crippen LogP contribution in [0.2, 0.25) is 0 Å². The molecule has 0 amide bonds. The Kier molecular flexibility index (Phi) is 7.32. The predicted octanol–water partition coefficient (Wildman–Crippen LogP) is 5.84. The Labute approximate surface area is 280 Å². The van der Waals surface area contributed by atoms with Crippen LogP contribution in [0.5, 0.6) is 0 Å². The highest BCUT2D eigenvalue weighted by Crippen LogP contribution is 2.50. The fourth-order valence-electron chi connectivity index (χ4n) is 6.71. The van der Waals surface area contributed by atoms with Gasteiger partial charge in [-0.05, 0) is 64.5 Å². The molecule has 0 radical (unpaired) electrons. The number of nitrogens with zero attached hydrogens (tertiary/aromatic N) is 8. The molecule has 2 N–H and O–H groups in total. The lowest BCUT2D eigenvalue weighted by molar-refractivity contribution is -0.207. The number of alkyl halides is 5. The van der Waals surface area contributed by atoms with E-state index in [-0.39, 0.29) is 22.8 Å². The van der Waals surface area contributed by atoms with E-state index >= 15 is 8.78 Å². The zero-order valence-electron chi connectivity index (χ0n) is 26.0. The van der Waals surface area contributed by atoms with Gasteiger partial charge in [-0.1, -0.05) is 24.3 Å². The van der Waals surface area contributed by atoms with Crippen LogP contribution in [-0.4, -0.2) is 72.6 Å². The van der Waals surface area contributed by atoms with Crippen molar-refractivity contribution in [1.82, 2.24) is 35.2 Å². The van der Waals surface area contributed by atoms with Crippen molar-refractivity contribution < 1.29 is 31.4 Å². The van der Waals surface area contributed by atoms with Gasteiger partial charge in [0.15, 0.2) is 11.4 Å². The summed E-state index contributed by atoms with van der Waals surface area (Å²) in [4.78, 5) is 15.3. The number of nitrogens with one attached hydrogen (secondary N) is 1. The van der Waals surface area contributed by atoms with Gasteiger partial charge in [-0.25, -0.2) is 14.1 Å². The molecule has 1 fully saturated rings. The molecule has 1 saturated heterocycles. The maximum Gasteiger partial charge on any atom is 0.396 e. The summed E-state index contributed by atoms with van der Waals surface area (Å²) in [7, 11) is 0. The molecule has 3 aromatic heterocycles. The second-order valence-electron chi connectivity index (χ2n) is 12.4. The first-order valence-corrected chi connectivity index (χ1v) is 15.7. The summed E-state index contributed by atoms with van der Waals surface area (Å²) < 4.78 is 85.7. The minimum Gasteiger partial charge on any atom is -0.377 e. The number of H-pyrrole nitrogens is 1. The van der Waals surface area contributed by atoms with Gasteiger partial charge >= 0.3 is 12.1 Å². The van der Waals surface area contributed by atoms with Crippen molar-refractivity contribution in [3.8, 4) is 22.5 Å². The number of aromatic amines is 1. The molecule has 0 bridgehead atoms. The van der Waals surface area contributed by atoms with Crippen molar-refractivity contribution in [2.75, 3.05) is 36.0 Å². The molecule has 8 rings (SSSR count). The van der Waals surface area contributed by atoms with E-state index in [9.17, 15) is 22.7 Å². The van der Waals surface area contributed by atoms with E-state index in [1.54, 1.807) is 6.07 Å². The predicted molar refractivity (Wildman–Crippen MR) is 171 cm³/mol. The average molecular weight is 692 g/mol. The minimum atomic E-state index is -4.34. The van der Waals surface area contributed by atoms with Gasteiger partial charge in [0.1, 0.15) is 23.8 Å². The number of halogens is 6. The number of tetrazole rings is 1. The Morgan fingerprint density at radius 1 is 0.820 bits per heavy atom. The fourth-order valence-corrected chi connectivity index (χ4v) is 6.71. The Morgan fingerprint density at radius 3 is 2.22 bits per heavy atom. The highest BCUT2D eigenvalue weighted by atomic mass is 19.4. The van der Waals surface area contributed by atoms with Crippen LogP contribution in [0.15, 0.2) is 79.0 Å². The van der Waals surface area contributed by atoms with Gasteiger partial charge in [0.25, 0.3) is 0 Å². The van der Waals surface area contributed by atoms with Crippen molar-refractivity contribution in [2.45, 2.75) is 30.7 Å². The van der Waals surface area contributed by atoms with Crippen LogP contribution in [-0.2, 0) is 24.5 Å². The molecule has 2 aliphatic heterocycles. The van der Waals surface area contributed by atoms with Gasteiger partial charge in [-0.15, -0.1) is 5.10 Å². The number of fused-ring (bicyclic) bond motifs is 4. The molecular weight excluding hydrogens is 664 g/mol. The lowest BCUT2D eigenvalue weighted by Gasteiger charge is -2.39. The van der Waals surface area contributed by atoms with Crippen molar-refractivity contribution >= 4 is 22.4 Å². The molecule has 10 nitrogen and oxygen atoms in total. The van der Waals surface area contributed by atoms with Crippen LogP contribution in [0.25, 0.3) is 33.5 Å². The Morgan fingerprint density at radius 2 is 1.52 bits per heavy atom. The SMILES string of the molecule is O[C@@]1(C(F)(F)c2ccc(-c3ccc(N4CCN(c5ccc6nc(CC(F)(F)F)[nH]c6c5)CC4)cc3)cn2)Cn2nnnc2-c2cc(F)ccc21. The maximum atomic E-state index is 16.1. The lowest BCUT2D eigenvalue weighted by atomic mass is 9.80. The van der Waals surface area contributed by atoms with Crippen LogP contribution in [0, 0.1) is 5.82 Å². The third-order valence-corrected chi connectivity index (χ3v) is 9.28. The average Bonchev–Trinajstić information content (AvgIpc) is 3.73. The van der Waals surface area contributed by atoms with Crippen LogP contribution >= 0.6 is 0 Å². The molecule has 0 aliphatic carbocycles. The second kappa shape index (κ2) is 11.5. The highest BCUT2D eigenvalue weighted by molar-refractivity contribution is 5.80. The first kappa shape index (κ1) is 31.7. The van der Waals surface area contributed by atoms with Crippen molar-refractivity contribution in [3.05, 3.63) is 102 Å². The molecule has 16 heteroatoms. The molecule has 1 atom stereocenters. The molecule has 256 valence electrons. The van der Waals surface area contributed by atoms with Gasteiger partial charge < -0.3 is 19.9 Å². The first-order valence-electron chi connectivity index (χ1n) is 15.7. The van der Waals surface area contributed by atoms with Crippen molar-refractivity contribution in [1.29, 1.82) is 0 Å². The van der Waals surface area contributed by atoms with Crippen molar-refractivity contribution in [3.63, 3.8) is 0 Å². The number of aromatic nitrogens is 7. The Balaban J connectivity index is 0.944.